The Hall–Kier alpha value is -1.87. The summed E-state index contributed by atoms with van der Waals surface area (Å²) >= 11 is 0. The molecule has 1 N–H and O–H groups in total. The smallest absolute Gasteiger partial charge is 0.127 e. The Labute approximate surface area is 127 Å². The molecule has 0 saturated heterocycles. The zero-order valence-corrected chi connectivity index (χ0v) is 13.5. The summed E-state index contributed by atoms with van der Waals surface area (Å²) in [7, 11) is 1.74. The lowest BCUT2D eigenvalue weighted by Gasteiger charge is -2.23. The van der Waals surface area contributed by atoms with Gasteiger partial charge < -0.3 is 10.1 Å². The van der Waals surface area contributed by atoms with E-state index in [9.17, 15) is 0 Å². The molecule has 0 aliphatic carbocycles. The molecule has 1 atom stereocenters. The van der Waals surface area contributed by atoms with Crippen LogP contribution in [0.3, 0.4) is 0 Å². The highest BCUT2D eigenvalue weighted by Gasteiger charge is 2.19. The summed E-state index contributed by atoms with van der Waals surface area (Å²) in [6.45, 7) is 9.28. The van der Waals surface area contributed by atoms with E-state index in [0.29, 0.717) is 0 Å². The summed E-state index contributed by atoms with van der Waals surface area (Å²) in [6.07, 6.45) is 3.80. The monoisotopic (exact) mass is 284 g/mol. The molecule has 0 saturated carbocycles. The van der Waals surface area contributed by atoms with Crippen LogP contribution in [0.2, 0.25) is 0 Å². The lowest BCUT2D eigenvalue weighted by Crippen LogP contribution is -2.23. The van der Waals surface area contributed by atoms with Gasteiger partial charge in [-0.05, 0) is 49.6 Å². The molecule has 1 heterocycles. The fourth-order valence-electron chi connectivity index (χ4n) is 2.66. The lowest BCUT2D eigenvalue weighted by molar-refractivity contribution is 0.401. The first kappa shape index (κ1) is 15.5. The fourth-order valence-corrected chi connectivity index (χ4v) is 2.66. The van der Waals surface area contributed by atoms with Gasteiger partial charge in [-0.1, -0.05) is 25.1 Å². The van der Waals surface area contributed by atoms with Gasteiger partial charge in [-0.25, -0.2) is 0 Å². The molecular weight excluding hydrogens is 260 g/mol. The zero-order valence-electron chi connectivity index (χ0n) is 13.5. The second-order valence-corrected chi connectivity index (χ2v) is 5.42. The predicted octanol–water partition coefficient (Wildman–Crippen LogP) is 3.71. The van der Waals surface area contributed by atoms with Crippen LogP contribution in [0.5, 0.6) is 5.75 Å². The van der Waals surface area contributed by atoms with E-state index in [2.05, 4.69) is 56.2 Å². The van der Waals surface area contributed by atoms with Crippen molar-refractivity contribution in [1.29, 1.82) is 0 Å². The van der Waals surface area contributed by atoms with E-state index in [1.807, 2.05) is 12.4 Å². The fraction of sp³-hybridized carbons (Fsp3) is 0.389. The van der Waals surface area contributed by atoms with E-state index in [1.165, 1.54) is 22.3 Å². The van der Waals surface area contributed by atoms with Crippen LogP contribution in [0.4, 0.5) is 0 Å². The molecule has 2 aromatic rings. The second-order valence-electron chi connectivity index (χ2n) is 5.42. The van der Waals surface area contributed by atoms with Crippen molar-refractivity contribution in [2.24, 2.45) is 0 Å². The minimum atomic E-state index is 0.0941. The van der Waals surface area contributed by atoms with Crippen LogP contribution in [-0.2, 0) is 0 Å². The summed E-state index contributed by atoms with van der Waals surface area (Å²) in [5, 5.41) is 3.54. The number of hydrogen-bond donors (Lipinski definition) is 1. The summed E-state index contributed by atoms with van der Waals surface area (Å²) in [5.74, 6) is 0.961. The third kappa shape index (κ3) is 3.24. The van der Waals surface area contributed by atoms with Gasteiger partial charge in [0, 0.05) is 18.0 Å². The predicted molar refractivity (Wildman–Crippen MR) is 87.0 cm³/mol. The van der Waals surface area contributed by atoms with Gasteiger partial charge in [0.05, 0.1) is 13.2 Å². The van der Waals surface area contributed by atoms with Gasteiger partial charge in [-0.3, -0.25) is 4.98 Å². The normalized spacial score (nSPS) is 12.2. The second kappa shape index (κ2) is 6.72. The van der Waals surface area contributed by atoms with Crippen molar-refractivity contribution in [3.05, 3.63) is 58.4 Å². The van der Waals surface area contributed by atoms with Gasteiger partial charge >= 0.3 is 0 Å². The Kier molecular flexibility index (Phi) is 4.97. The number of benzene rings is 1. The maximum atomic E-state index is 5.68. The Bertz CT molecular complexity index is 623. The molecule has 0 fully saturated rings. The van der Waals surface area contributed by atoms with Crippen LogP contribution in [0.25, 0.3) is 0 Å². The van der Waals surface area contributed by atoms with Gasteiger partial charge in [0.15, 0.2) is 0 Å². The van der Waals surface area contributed by atoms with E-state index < -0.39 is 0 Å². The van der Waals surface area contributed by atoms with Crippen LogP contribution in [0.1, 0.15) is 40.8 Å². The number of ether oxygens (including phenoxy) is 1. The van der Waals surface area contributed by atoms with Crippen molar-refractivity contribution in [2.75, 3.05) is 13.7 Å². The molecule has 1 aromatic carbocycles. The molecule has 112 valence electrons. The van der Waals surface area contributed by atoms with Crippen molar-refractivity contribution in [1.82, 2.24) is 10.3 Å². The van der Waals surface area contributed by atoms with Crippen LogP contribution in [0.15, 0.2) is 30.6 Å². The number of methoxy groups -OCH3 is 1. The summed E-state index contributed by atoms with van der Waals surface area (Å²) in [6, 6.07) is 6.57. The average Bonchev–Trinajstić information content (AvgIpc) is 2.48. The zero-order chi connectivity index (χ0) is 15.4. The summed E-state index contributed by atoms with van der Waals surface area (Å²) in [4.78, 5) is 4.33. The molecule has 2 rings (SSSR count). The van der Waals surface area contributed by atoms with Gasteiger partial charge in [-0.2, -0.15) is 0 Å². The molecule has 0 spiro atoms. The Morgan fingerprint density at radius 1 is 1.19 bits per heavy atom. The molecule has 0 amide bonds. The number of pyridine rings is 1. The van der Waals surface area contributed by atoms with Crippen LogP contribution in [-0.4, -0.2) is 18.6 Å². The first-order valence-corrected chi connectivity index (χ1v) is 7.37. The van der Waals surface area contributed by atoms with Crippen LogP contribution < -0.4 is 10.1 Å². The largest absolute Gasteiger partial charge is 0.496 e. The summed E-state index contributed by atoms with van der Waals surface area (Å²) in [5.41, 5.74) is 5.93. The highest BCUT2D eigenvalue weighted by atomic mass is 16.5. The Balaban J connectivity index is 2.55. The number of aryl methyl sites for hydroxylation is 2. The molecule has 3 heteroatoms. The van der Waals surface area contributed by atoms with Crippen molar-refractivity contribution in [3.63, 3.8) is 0 Å². The molecular formula is C18H24N2O. The minimum Gasteiger partial charge on any atom is -0.496 e. The molecule has 3 nitrogen and oxygen atoms in total. The molecule has 0 aliphatic heterocycles. The number of hydrogen-bond acceptors (Lipinski definition) is 3. The molecule has 0 bridgehead atoms. The quantitative estimate of drug-likeness (QED) is 0.908. The van der Waals surface area contributed by atoms with Crippen molar-refractivity contribution in [3.8, 4) is 5.75 Å². The van der Waals surface area contributed by atoms with E-state index >= 15 is 0 Å². The molecule has 1 unspecified atom stereocenters. The Morgan fingerprint density at radius 3 is 2.57 bits per heavy atom. The first-order valence-electron chi connectivity index (χ1n) is 7.37. The van der Waals surface area contributed by atoms with Crippen molar-refractivity contribution >= 4 is 0 Å². The number of aromatic nitrogens is 1. The highest BCUT2D eigenvalue weighted by molar-refractivity contribution is 5.49. The van der Waals surface area contributed by atoms with Crippen molar-refractivity contribution in [2.45, 2.75) is 33.7 Å². The minimum absolute atomic E-state index is 0.0941. The van der Waals surface area contributed by atoms with Gasteiger partial charge in [-0.15, -0.1) is 0 Å². The van der Waals surface area contributed by atoms with E-state index in [0.717, 1.165) is 17.9 Å². The maximum Gasteiger partial charge on any atom is 0.127 e. The molecule has 0 radical (unpaired) electrons. The van der Waals surface area contributed by atoms with Crippen LogP contribution in [0, 0.1) is 20.8 Å². The molecule has 0 aliphatic rings. The first-order chi connectivity index (χ1) is 10.1. The number of nitrogens with one attached hydrogen (secondary N) is 1. The summed E-state index contributed by atoms with van der Waals surface area (Å²) < 4.78 is 5.68. The third-order valence-corrected chi connectivity index (χ3v) is 3.86. The maximum absolute atomic E-state index is 5.68. The van der Waals surface area contributed by atoms with E-state index in [1.54, 1.807) is 7.11 Å². The molecule has 21 heavy (non-hydrogen) atoms. The third-order valence-electron chi connectivity index (χ3n) is 3.86. The highest BCUT2D eigenvalue weighted by Crippen LogP contribution is 2.34. The Morgan fingerprint density at radius 2 is 1.95 bits per heavy atom. The number of rotatable bonds is 5. The van der Waals surface area contributed by atoms with Gasteiger partial charge in [0.1, 0.15) is 5.75 Å². The lowest BCUT2D eigenvalue weighted by atomic mass is 9.94. The standard InChI is InChI=1S/C18H24N2O/c1-6-20-17(15-9-12(2)10-19-11-15)16-8-7-13(3)14(4)18(16)21-5/h7-11,17,20H,6H2,1-5H3. The van der Waals surface area contributed by atoms with E-state index in [4.69, 9.17) is 4.74 Å². The van der Waals surface area contributed by atoms with Gasteiger partial charge in [0.2, 0.25) is 0 Å². The SMILES string of the molecule is CCNC(c1cncc(C)c1)c1ccc(C)c(C)c1OC. The molecule has 1 aromatic heterocycles. The average molecular weight is 284 g/mol. The van der Waals surface area contributed by atoms with Crippen molar-refractivity contribution < 1.29 is 4.74 Å². The van der Waals surface area contributed by atoms with Gasteiger partial charge in [0.25, 0.3) is 0 Å². The van der Waals surface area contributed by atoms with E-state index in [-0.39, 0.29) is 6.04 Å². The topological polar surface area (TPSA) is 34.2 Å². The van der Waals surface area contributed by atoms with Crippen LogP contribution >= 0.6 is 0 Å². The number of nitrogens with zero attached hydrogens (tertiary/aromatic N) is 1.